The Hall–Kier alpha value is 1.51. The SMILES string of the molecule is CCCCCCCC(O)CCCC(CCCCCCC)S(=O)(=O)[O-].[K+]. The van der Waals surface area contributed by atoms with Gasteiger partial charge in [-0.25, -0.2) is 8.42 Å². The molecule has 0 rings (SSSR count). The molecule has 0 aromatic carbocycles. The minimum atomic E-state index is -4.21. The standard InChI is InChI=1S/C19H40O4S.K/c1-3-5-7-9-11-14-18(20)15-13-17-19(24(21,22)23)16-12-10-8-6-4-2;/h18-20H,3-17H2,1-2H3,(H,21,22,23);/q;+1/p-1. The molecule has 146 valence electrons. The maximum atomic E-state index is 11.4. The van der Waals surface area contributed by atoms with Gasteiger partial charge in [0.2, 0.25) is 0 Å². The Kier molecular flexibility index (Phi) is 21.7. The van der Waals surface area contributed by atoms with E-state index in [0.717, 1.165) is 44.9 Å². The number of hydrogen-bond donors (Lipinski definition) is 1. The van der Waals surface area contributed by atoms with Crippen LogP contribution in [0.4, 0.5) is 0 Å². The molecular formula is C19H39KO4S. The molecule has 0 aromatic heterocycles. The van der Waals surface area contributed by atoms with Crippen LogP contribution in [0.25, 0.3) is 0 Å². The van der Waals surface area contributed by atoms with Crippen molar-refractivity contribution in [1.82, 2.24) is 0 Å². The second-order valence-corrected chi connectivity index (χ2v) is 8.76. The molecule has 0 radical (unpaired) electrons. The molecule has 2 unspecified atom stereocenters. The average Bonchev–Trinajstić information content (AvgIpc) is 2.51. The van der Waals surface area contributed by atoms with Gasteiger partial charge in [-0.2, -0.15) is 0 Å². The van der Waals surface area contributed by atoms with Gasteiger partial charge in [-0.1, -0.05) is 78.1 Å². The molecule has 0 fully saturated rings. The number of rotatable bonds is 17. The predicted octanol–water partition coefficient (Wildman–Crippen LogP) is 2.16. The minimum absolute atomic E-state index is 0. The van der Waals surface area contributed by atoms with Crippen LogP contribution in [0.5, 0.6) is 0 Å². The fourth-order valence-corrected chi connectivity index (χ4v) is 4.03. The van der Waals surface area contributed by atoms with Crippen LogP contribution in [0.2, 0.25) is 0 Å². The molecule has 0 amide bonds. The third-order valence-electron chi connectivity index (χ3n) is 4.74. The van der Waals surface area contributed by atoms with Gasteiger partial charge in [-0.3, -0.25) is 0 Å². The third-order valence-corrected chi connectivity index (χ3v) is 6.03. The van der Waals surface area contributed by atoms with Gasteiger partial charge in [0.15, 0.2) is 0 Å². The first-order valence-corrected chi connectivity index (χ1v) is 11.5. The largest absolute Gasteiger partial charge is 1.00 e. The molecule has 0 bridgehead atoms. The molecule has 0 aromatic rings. The van der Waals surface area contributed by atoms with E-state index in [-0.39, 0.29) is 57.5 Å². The zero-order valence-corrected chi connectivity index (χ0v) is 20.8. The Morgan fingerprint density at radius 2 is 1.12 bits per heavy atom. The molecule has 0 heterocycles. The van der Waals surface area contributed by atoms with Gasteiger partial charge in [0, 0.05) is 5.25 Å². The maximum absolute atomic E-state index is 11.4. The normalized spacial score (nSPS) is 14.1. The molecule has 1 N–H and O–H groups in total. The van der Waals surface area contributed by atoms with Crippen LogP contribution in [0.1, 0.15) is 110 Å². The van der Waals surface area contributed by atoms with Crippen LogP contribution in [0, 0.1) is 0 Å². The fourth-order valence-electron chi connectivity index (χ4n) is 3.12. The zero-order chi connectivity index (χ0) is 18.3. The summed E-state index contributed by atoms with van der Waals surface area (Å²) >= 11 is 0. The van der Waals surface area contributed by atoms with E-state index in [1.54, 1.807) is 0 Å². The van der Waals surface area contributed by atoms with Gasteiger partial charge in [0.1, 0.15) is 0 Å². The Balaban J connectivity index is 0. The molecule has 0 aliphatic carbocycles. The zero-order valence-electron chi connectivity index (χ0n) is 16.8. The predicted molar refractivity (Wildman–Crippen MR) is 100 cm³/mol. The maximum Gasteiger partial charge on any atom is 1.00 e. The van der Waals surface area contributed by atoms with Crippen molar-refractivity contribution in [2.75, 3.05) is 0 Å². The Bertz CT molecular complexity index is 374. The van der Waals surface area contributed by atoms with Gasteiger partial charge in [-0.05, 0) is 32.1 Å². The minimum Gasteiger partial charge on any atom is -0.748 e. The van der Waals surface area contributed by atoms with Gasteiger partial charge in [0.25, 0.3) is 0 Å². The summed E-state index contributed by atoms with van der Waals surface area (Å²) in [7, 11) is -4.21. The van der Waals surface area contributed by atoms with Crippen molar-refractivity contribution in [3.8, 4) is 0 Å². The quantitative estimate of drug-likeness (QED) is 0.230. The van der Waals surface area contributed by atoms with E-state index in [0.29, 0.717) is 25.7 Å². The number of hydrogen-bond acceptors (Lipinski definition) is 4. The van der Waals surface area contributed by atoms with E-state index >= 15 is 0 Å². The molecule has 0 aliphatic rings. The van der Waals surface area contributed by atoms with Crippen LogP contribution in [0.15, 0.2) is 0 Å². The number of aliphatic hydroxyl groups excluding tert-OH is 1. The summed E-state index contributed by atoms with van der Waals surface area (Å²) in [6, 6.07) is 0. The molecule has 0 saturated heterocycles. The monoisotopic (exact) mass is 402 g/mol. The van der Waals surface area contributed by atoms with Gasteiger partial charge in [0.05, 0.1) is 16.2 Å². The van der Waals surface area contributed by atoms with Gasteiger partial charge < -0.3 is 9.66 Å². The molecule has 2 atom stereocenters. The second-order valence-electron chi connectivity index (χ2n) is 7.11. The van der Waals surface area contributed by atoms with Crippen LogP contribution >= 0.6 is 0 Å². The Labute approximate surface area is 199 Å². The summed E-state index contributed by atoms with van der Waals surface area (Å²) in [5.41, 5.74) is 0. The van der Waals surface area contributed by atoms with E-state index in [1.807, 2.05) is 0 Å². The first-order valence-electron chi connectivity index (χ1n) is 10.0. The van der Waals surface area contributed by atoms with E-state index in [4.69, 9.17) is 0 Å². The summed E-state index contributed by atoms with van der Waals surface area (Å²) in [5.74, 6) is 0. The van der Waals surface area contributed by atoms with Crippen molar-refractivity contribution in [3.63, 3.8) is 0 Å². The van der Waals surface area contributed by atoms with E-state index in [2.05, 4.69) is 13.8 Å². The molecule has 25 heavy (non-hydrogen) atoms. The van der Waals surface area contributed by atoms with Gasteiger partial charge in [-0.15, -0.1) is 0 Å². The van der Waals surface area contributed by atoms with Gasteiger partial charge >= 0.3 is 51.4 Å². The Morgan fingerprint density at radius 1 is 0.720 bits per heavy atom. The van der Waals surface area contributed by atoms with Crippen molar-refractivity contribution < 1.29 is 69.5 Å². The summed E-state index contributed by atoms with van der Waals surface area (Å²) in [4.78, 5) is 0. The second kappa shape index (κ2) is 18.9. The first kappa shape index (κ1) is 28.7. The van der Waals surface area contributed by atoms with E-state index in [1.165, 1.54) is 25.7 Å². The topological polar surface area (TPSA) is 77.4 Å². The van der Waals surface area contributed by atoms with Crippen molar-refractivity contribution in [1.29, 1.82) is 0 Å². The van der Waals surface area contributed by atoms with E-state index < -0.39 is 15.4 Å². The van der Waals surface area contributed by atoms with Crippen molar-refractivity contribution >= 4 is 10.1 Å². The third kappa shape index (κ3) is 18.6. The molecule has 4 nitrogen and oxygen atoms in total. The smallest absolute Gasteiger partial charge is 0.748 e. The molecule has 0 spiro atoms. The number of aliphatic hydroxyl groups is 1. The first-order chi connectivity index (χ1) is 11.4. The molecule has 6 heteroatoms. The molecule has 0 saturated carbocycles. The van der Waals surface area contributed by atoms with Crippen LogP contribution in [-0.4, -0.2) is 29.4 Å². The summed E-state index contributed by atoms with van der Waals surface area (Å²) in [5, 5.41) is 9.20. The van der Waals surface area contributed by atoms with Crippen LogP contribution < -0.4 is 51.4 Å². The van der Waals surface area contributed by atoms with Crippen molar-refractivity contribution in [3.05, 3.63) is 0 Å². The van der Waals surface area contributed by atoms with Crippen molar-refractivity contribution in [2.24, 2.45) is 0 Å². The van der Waals surface area contributed by atoms with Crippen LogP contribution in [-0.2, 0) is 10.1 Å². The molecule has 0 aliphatic heterocycles. The fraction of sp³-hybridized carbons (Fsp3) is 1.00. The molecular weight excluding hydrogens is 363 g/mol. The summed E-state index contributed by atoms with van der Waals surface area (Å²) in [6.45, 7) is 4.32. The van der Waals surface area contributed by atoms with Crippen molar-refractivity contribution in [2.45, 2.75) is 122 Å². The average molecular weight is 403 g/mol. The number of unbranched alkanes of at least 4 members (excludes halogenated alkanes) is 8. The Morgan fingerprint density at radius 3 is 1.60 bits per heavy atom. The van der Waals surface area contributed by atoms with E-state index in [9.17, 15) is 18.1 Å². The summed E-state index contributed by atoms with van der Waals surface area (Å²) in [6.07, 6.45) is 13.6. The van der Waals surface area contributed by atoms with Crippen LogP contribution in [0.3, 0.4) is 0 Å². The summed E-state index contributed by atoms with van der Waals surface area (Å²) < 4.78 is 34.1.